The van der Waals surface area contributed by atoms with Crippen molar-refractivity contribution in [3.05, 3.63) is 16.1 Å². The number of halogens is 1. The van der Waals surface area contributed by atoms with Crippen LogP contribution in [0.3, 0.4) is 0 Å². The van der Waals surface area contributed by atoms with E-state index in [4.69, 9.17) is 0 Å². The fourth-order valence-electron chi connectivity index (χ4n) is 2.33. The third kappa shape index (κ3) is 7.87. The highest BCUT2D eigenvalue weighted by atomic mass is 127. The molecule has 0 unspecified atom stereocenters. The van der Waals surface area contributed by atoms with E-state index in [0.29, 0.717) is 32.1 Å². The van der Waals surface area contributed by atoms with E-state index < -0.39 is 10.0 Å². The van der Waals surface area contributed by atoms with Gasteiger partial charge in [0.25, 0.3) is 0 Å². The SMILES string of the molecule is CCNC(=NCc1ncc(CC)s1)NCCS(=O)(=O)N1CCSCC1.I. The Morgan fingerprint density at radius 1 is 1.31 bits per heavy atom. The molecule has 0 radical (unpaired) electrons. The maximum absolute atomic E-state index is 12.3. The monoisotopic (exact) mass is 533 g/mol. The molecule has 0 bridgehead atoms. The Kier molecular flexibility index (Phi) is 11.4. The molecule has 1 aromatic rings. The lowest BCUT2D eigenvalue weighted by Gasteiger charge is -2.25. The molecule has 0 saturated carbocycles. The fourth-order valence-corrected chi connectivity index (χ4v) is 5.60. The lowest BCUT2D eigenvalue weighted by atomic mass is 10.4. The second-order valence-corrected chi connectivity index (χ2v) is 10.0. The van der Waals surface area contributed by atoms with E-state index >= 15 is 0 Å². The van der Waals surface area contributed by atoms with E-state index in [1.165, 1.54) is 4.88 Å². The average Bonchev–Trinajstić information content (AvgIpc) is 3.08. The number of aliphatic imine (C=N–C) groups is 1. The van der Waals surface area contributed by atoms with Crippen LogP contribution in [0.4, 0.5) is 0 Å². The van der Waals surface area contributed by atoms with Crippen LogP contribution in [0.5, 0.6) is 0 Å². The summed E-state index contributed by atoms with van der Waals surface area (Å²) in [6.45, 7) is 6.88. The van der Waals surface area contributed by atoms with Gasteiger partial charge in [-0.15, -0.1) is 35.3 Å². The first-order valence-electron chi connectivity index (χ1n) is 8.56. The molecule has 0 spiro atoms. The van der Waals surface area contributed by atoms with Gasteiger partial charge in [-0.05, 0) is 13.3 Å². The van der Waals surface area contributed by atoms with E-state index in [9.17, 15) is 8.42 Å². The molecule has 150 valence electrons. The van der Waals surface area contributed by atoms with Crippen molar-refractivity contribution in [2.24, 2.45) is 4.99 Å². The lowest BCUT2D eigenvalue weighted by Crippen LogP contribution is -2.44. The number of nitrogens with one attached hydrogen (secondary N) is 2. The highest BCUT2D eigenvalue weighted by Gasteiger charge is 2.23. The molecule has 2 heterocycles. The summed E-state index contributed by atoms with van der Waals surface area (Å²) >= 11 is 3.46. The summed E-state index contributed by atoms with van der Waals surface area (Å²) in [7, 11) is -3.20. The number of guanidine groups is 1. The zero-order valence-corrected chi connectivity index (χ0v) is 20.0. The Labute approximate surface area is 181 Å². The van der Waals surface area contributed by atoms with Gasteiger partial charge in [0.1, 0.15) is 5.01 Å². The van der Waals surface area contributed by atoms with Gasteiger partial charge in [-0.2, -0.15) is 11.8 Å². The van der Waals surface area contributed by atoms with Gasteiger partial charge < -0.3 is 10.6 Å². The number of rotatable bonds is 8. The molecule has 2 N–H and O–H groups in total. The van der Waals surface area contributed by atoms with Gasteiger partial charge >= 0.3 is 0 Å². The molecular weight excluding hydrogens is 505 g/mol. The Balaban J connectivity index is 0.00000338. The van der Waals surface area contributed by atoms with Crippen molar-refractivity contribution in [2.45, 2.75) is 26.8 Å². The van der Waals surface area contributed by atoms with Crippen molar-refractivity contribution >= 4 is 63.1 Å². The Morgan fingerprint density at radius 3 is 2.65 bits per heavy atom. The summed E-state index contributed by atoms with van der Waals surface area (Å²) in [4.78, 5) is 10.1. The van der Waals surface area contributed by atoms with Gasteiger partial charge in [0.2, 0.25) is 10.0 Å². The molecule has 1 aliphatic heterocycles. The molecule has 0 aromatic carbocycles. The van der Waals surface area contributed by atoms with Crippen LogP contribution < -0.4 is 10.6 Å². The third-order valence-electron chi connectivity index (χ3n) is 3.68. The largest absolute Gasteiger partial charge is 0.357 e. The van der Waals surface area contributed by atoms with Crippen LogP contribution in [0.1, 0.15) is 23.7 Å². The van der Waals surface area contributed by atoms with Crippen molar-refractivity contribution in [3.8, 4) is 0 Å². The van der Waals surface area contributed by atoms with Gasteiger partial charge in [0.05, 0.1) is 12.3 Å². The predicted octanol–water partition coefficient (Wildman–Crippen LogP) is 1.76. The maximum atomic E-state index is 12.3. The van der Waals surface area contributed by atoms with Crippen molar-refractivity contribution in [1.82, 2.24) is 19.9 Å². The number of aryl methyl sites for hydroxylation is 1. The van der Waals surface area contributed by atoms with Crippen LogP contribution in [-0.4, -0.2) is 67.1 Å². The maximum Gasteiger partial charge on any atom is 0.215 e. The average molecular weight is 534 g/mol. The molecule has 7 nitrogen and oxygen atoms in total. The minimum atomic E-state index is -3.20. The van der Waals surface area contributed by atoms with Crippen LogP contribution >= 0.6 is 47.1 Å². The number of sulfonamides is 1. The van der Waals surface area contributed by atoms with Crippen molar-refractivity contribution < 1.29 is 8.42 Å². The zero-order chi connectivity index (χ0) is 18.1. The first kappa shape index (κ1) is 23.9. The van der Waals surface area contributed by atoms with Crippen LogP contribution in [0.25, 0.3) is 0 Å². The molecule has 0 aliphatic carbocycles. The minimum absolute atomic E-state index is 0. The number of hydrogen-bond acceptors (Lipinski definition) is 6. The second-order valence-electron chi connectivity index (χ2n) is 5.52. The molecule has 1 saturated heterocycles. The fraction of sp³-hybridized carbons (Fsp3) is 0.733. The van der Waals surface area contributed by atoms with Crippen molar-refractivity contribution in [2.75, 3.05) is 43.4 Å². The van der Waals surface area contributed by atoms with Crippen molar-refractivity contribution in [1.29, 1.82) is 0 Å². The Hall–Kier alpha value is -0.110. The Bertz CT molecular complexity index is 660. The number of thioether (sulfide) groups is 1. The van der Waals surface area contributed by atoms with E-state index in [0.717, 1.165) is 29.5 Å². The quantitative estimate of drug-likeness (QED) is 0.301. The van der Waals surface area contributed by atoms with E-state index in [1.807, 2.05) is 13.1 Å². The molecule has 11 heteroatoms. The van der Waals surface area contributed by atoms with Crippen LogP contribution in [0.2, 0.25) is 0 Å². The molecule has 2 rings (SSSR count). The molecule has 1 aromatic heterocycles. The molecule has 26 heavy (non-hydrogen) atoms. The summed E-state index contributed by atoms with van der Waals surface area (Å²) in [6, 6.07) is 0. The van der Waals surface area contributed by atoms with Crippen LogP contribution in [0, 0.1) is 0 Å². The first-order chi connectivity index (χ1) is 12.0. The summed E-state index contributed by atoms with van der Waals surface area (Å²) in [5, 5.41) is 7.22. The number of thiazole rings is 1. The topological polar surface area (TPSA) is 86.7 Å². The highest BCUT2D eigenvalue weighted by molar-refractivity contribution is 14.0. The molecule has 0 amide bonds. The van der Waals surface area contributed by atoms with Crippen molar-refractivity contribution in [3.63, 3.8) is 0 Å². The molecule has 0 atom stereocenters. The number of hydrogen-bond donors (Lipinski definition) is 2. The van der Waals surface area contributed by atoms with Crippen LogP contribution in [-0.2, 0) is 23.0 Å². The Morgan fingerprint density at radius 2 is 2.04 bits per heavy atom. The van der Waals surface area contributed by atoms with Crippen LogP contribution in [0.15, 0.2) is 11.2 Å². The third-order valence-corrected chi connectivity index (χ3v) is 7.62. The van der Waals surface area contributed by atoms with Gasteiger partial charge in [-0.1, -0.05) is 6.92 Å². The summed E-state index contributed by atoms with van der Waals surface area (Å²) in [5.74, 6) is 2.47. The summed E-state index contributed by atoms with van der Waals surface area (Å²) < 4.78 is 26.3. The summed E-state index contributed by atoms with van der Waals surface area (Å²) in [5.41, 5.74) is 0. The second kappa shape index (κ2) is 12.4. The minimum Gasteiger partial charge on any atom is -0.357 e. The van der Waals surface area contributed by atoms with Gasteiger partial charge in [-0.25, -0.2) is 22.7 Å². The first-order valence-corrected chi connectivity index (χ1v) is 12.1. The number of nitrogens with zero attached hydrogens (tertiary/aromatic N) is 3. The molecule has 1 fully saturated rings. The van der Waals surface area contributed by atoms with Gasteiger partial charge in [0, 0.05) is 48.8 Å². The van der Waals surface area contributed by atoms with E-state index in [2.05, 4.69) is 27.5 Å². The molecule has 1 aliphatic rings. The highest BCUT2D eigenvalue weighted by Crippen LogP contribution is 2.14. The standard InChI is InChI=1S/C15H27N5O2S3.HI/c1-3-13-11-18-14(24-13)12-19-15(16-4-2)17-5-10-25(21,22)20-6-8-23-9-7-20;/h11H,3-10,12H2,1-2H3,(H2,16,17,19);1H. The predicted molar refractivity (Wildman–Crippen MR) is 122 cm³/mol. The smallest absolute Gasteiger partial charge is 0.215 e. The summed E-state index contributed by atoms with van der Waals surface area (Å²) in [6.07, 6.45) is 2.87. The number of aromatic nitrogens is 1. The van der Waals surface area contributed by atoms with Gasteiger partial charge in [-0.3, -0.25) is 0 Å². The molecular formula is C15H28IN5O2S3. The zero-order valence-electron chi connectivity index (χ0n) is 15.2. The normalized spacial score (nSPS) is 16.2. The lowest BCUT2D eigenvalue weighted by molar-refractivity contribution is 0.443. The van der Waals surface area contributed by atoms with E-state index in [-0.39, 0.29) is 29.7 Å². The van der Waals surface area contributed by atoms with Gasteiger partial charge in [0.15, 0.2) is 5.96 Å². The van der Waals surface area contributed by atoms with E-state index in [1.54, 1.807) is 27.4 Å².